The van der Waals surface area contributed by atoms with E-state index >= 15 is 0 Å². The third-order valence-electron chi connectivity index (χ3n) is 8.50. The van der Waals surface area contributed by atoms with E-state index in [9.17, 15) is 4.79 Å². The van der Waals surface area contributed by atoms with E-state index in [4.69, 9.17) is 0 Å². The summed E-state index contributed by atoms with van der Waals surface area (Å²) in [6.07, 6.45) is 14.5. The quantitative estimate of drug-likeness (QED) is 0.562. The second kappa shape index (κ2) is 4.24. The fraction of sp³-hybridized carbons (Fsp3) is 0.850. The van der Waals surface area contributed by atoms with Crippen LogP contribution in [0.4, 0.5) is 0 Å². The standard InChI is InChI=1S/C20H30O/c1-18-9-4-5-16(18)15-7-11-19(2)13-14(21)6-12-20(19,3)17(15)8-10-18/h4,9,15-17H,5-8,10-13H2,1-3H3/t15?,16?,17?,18?,19-,20?/m0/s1. The van der Waals surface area contributed by atoms with Gasteiger partial charge in [0.2, 0.25) is 0 Å². The van der Waals surface area contributed by atoms with Crippen molar-refractivity contribution in [3.63, 3.8) is 0 Å². The first kappa shape index (κ1) is 14.0. The fourth-order valence-electron chi connectivity index (χ4n) is 6.88. The number of carbonyl (C=O) groups excluding carboxylic acids is 1. The van der Waals surface area contributed by atoms with E-state index < -0.39 is 0 Å². The molecule has 0 aromatic heterocycles. The second-order valence-electron chi connectivity index (χ2n) is 9.29. The van der Waals surface area contributed by atoms with Crippen LogP contribution in [0.2, 0.25) is 0 Å². The van der Waals surface area contributed by atoms with Crippen LogP contribution in [0.15, 0.2) is 12.2 Å². The molecule has 1 nitrogen and oxygen atoms in total. The molecule has 0 bridgehead atoms. The molecule has 4 aliphatic rings. The Hall–Kier alpha value is -0.590. The summed E-state index contributed by atoms with van der Waals surface area (Å²) in [5.41, 5.74) is 1.17. The van der Waals surface area contributed by atoms with E-state index in [2.05, 4.69) is 32.9 Å². The van der Waals surface area contributed by atoms with Crippen LogP contribution in [0.3, 0.4) is 0 Å². The maximum Gasteiger partial charge on any atom is 0.133 e. The topological polar surface area (TPSA) is 17.1 Å². The number of hydrogen-bond donors (Lipinski definition) is 0. The Morgan fingerprint density at radius 1 is 1.05 bits per heavy atom. The minimum atomic E-state index is 0.281. The second-order valence-corrected chi connectivity index (χ2v) is 9.29. The molecule has 4 aliphatic carbocycles. The Kier molecular flexibility index (Phi) is 2.83. The van der Waals surface area contributed by atoms with Crippen LogP contribution in [0, 0.1) is 34.0 Å². The molecule has 0 amide bonds. The zero-order valence-electron chi connectivity index (χ0n) is 14.0. The van der Waals surface area contributed by atoms with Gasteiger partial charge in [-0.2, -0.15) is 0 Å². The van der Waals surface area contributed by atoms with Gasteiger partial charge < -0.3 is 0 Å². The molecule has 0 spiro atoms. The van der Waals surface area contributed by atoms with Crippen LogP contribution in [0.5, 0.6) is 0 Å². The molecule has 0 heterocycles. The first-order chi connectivity index (χ1) is 9.88. The van der Waals surface area contributed by atoms with Crippen molar-refractivity contribution in [3.05, 3.63) is 12.2 Å². The Balaban J connectivity index is 1.69. The summed E-state index contributed by atoms with van der Waals surface area (Å²) in [4.78, 5) is 12.0. The summed E-state index contributed by atoms with van der Waals surface area (Å²) in [5.74, 6) is 3.18. The Morgan fingerprint density at radius 3 is 2.67 bits per heavy atom. The first-order valence-corrected chi connectivity index (χ1v) is 9.07. The van der Waals surface area contributed by atoms with E-state index in [1.807, 2.05) is 0 Å². The molecule has 6 atom stereocenters. The maximum atomic E-state index is 12.0. The number of allylic oxidation sites excluding steroid dienone is 2. The van der Waals surface area contributed by atoms with Crippen molar-refractivity contribution < 1.29 is 4.79 Å². The summed E-state index contributed by atoms with van der Waals surface area (Å²) in [6.45, 7) is 7.47. The zero-order valence-corrected chi connectivity index (χ0v) is 14.0. The third-order valence-corrected chi connectivity index (χ3v) is 8.50. The molecule has 21 heavy (non-hydrogen) atoms. The number of rotatable bonds is 0. The number of carbonyl (C=O) groups is 1. The van der Waals surface area contributed by atoms with E-state index in [-0.39, 0.29) is 5.41 Å². The molecule has 0 N–H and O–H groups in total. The summed E-state index contributed by atoms with van der Waals surface area (Å²) in [7, 11) is 0. The molecule has 0 aliphatic heterocycles. The van der Waals surface area contributed by atoms with Gasteiger partial charge in [-0.3, -0.25) is 4.79 Å². The lowest BCUT2D eigenvalue weighted by Gasteiger charge is -2.63. The molecule has 0 aromatic rings. The lowest BCUT2D eigenvalue weighted by molar-refractivity contribution is -0.158. The minimum Gasteiger partial charge on any atom is -0.300 e. The summed E-state index contributed by atoms with van der Waals surface area (Å²) in [5, 5.41) is 0. The molecule has 1 heteroatoms. The zero-order chi connectivity index (χ0) is 14.9. The molecule has 4 rings (SSSR count). The highest BCUT2D eigenvalue weighted by atomic mass is 16.1. The average Bonchev–Trinajstić information content (AvgIpc) is 2.82. The number of fused-ring (bicyclic) bond motifs is 5. The molecular formula is C20H30O. The van der Waals surface area contributed by atoms with Crippen LogP contribution < -0.4 is 0 Å². The van der Waals surface area contributed by atoms with Gasteiger partial charge >= 0.3 is 0 Å². The molecule has 116 valence electrons. The van der Waals surface area contributed by atoms with Gasteiger partial charge in [-0.15, -0.1) is 0 Å². The van der Waals surface area contributed by atoms with Gasteiger partial charge in [-0.25, -0.2) is 0 Å². The normalized spacial score (nSPS) is 55.8. The van der Waals surface area contributed by atoms with Crippen molar-refractivity contribution in [2.45, 2.75) is 72.1 Å². The van der Waals surface area contributed by atoms with E-state index in [0.717, 1.165) is 37.0 Å². The minimum absolute atomic E-state index is 0.281. The number of hydrogen-bond acceptors (Lipinski definition) is 1. The van der Waals surface area contributed by atoms with Crippen LogP contribution in [-0.4, -0.2) is 5.78 Å². The average molecular weight is 286 g/mol. The molecule has 0 radical (unpaired) electrons. The monoisotopic (exact) mass is 286 g/mol. The highest BCUT2D eigenvalue weighted by Crippen LogP contribution is 2.68. The van der Waals surface area contributed by atoms with Crippen molar-refractivity contribution in [2.24, 2.45) is 34.0 Å². The van der Waals surface area contributed by atoms with Crippen molar-refractivity contribution in [2.75, 3.05) is 0 Å². The summed E-state index contributed by atoms with van der Waals surface area (Å²) < 4.78 is 0. The van der Waals surface area contributed by atoms with Crippen LogP contribution >= 0.6 is 0 Å². The molecular weight excluding hydrogens is 256 g/mol. The Bertz CT molecular complexity index is 506. The van der Waals surface area contributed by atoms with Crippen molar-refractivity contribution >= 4 is 5.78 Å². The van der Waals surface area contributed by atoms with Gasteiger partial charge in [0.05, 0.1) is 0 Å². The van der Waals surface area contributed by atoms with Crippen LogP contribution in [0.1, 0.15) is 72.1 Å². The Labute approximate surface area is 129 Å². The van der Waals surface area contributed by atoms with Crippen molar-refractivity contribution in [1.29, 1.82) is 0 Å². The Morgan fingerprint density at radius 2 is 1.86 bits per heavy atom. The van der Waals surface area contributed by atoms with Gasteiger partial charge in [-0.05, 0) is 72.5 Å². The SMILES string of the molecule is CC12C=CCC1C1CC[C@@]3(C)CC(=O)CCC3(C)C1CC2. The molecule has 5 unspecified atom stereocenters. The lowest BCUT2D eigenvalue weighted by Crippen LogP contribution is -2.57. The van der Waals surface area contributed by atoms with Gasteiger partial charge in [-0.1, -0.05) is 32.9 Å². The molecule has 3 fully saturated rings. The van der Waals surface area contributed by atoms with E-state index in [1.54, 1.807) is 0 Å². The van der Waals surface area contributed by atoms with Gasteiger partial charge in [0.15, 0.2) is 0 Å². The van der Waals surface area contributed by atoms with Crippen molar-refractivity contribution in [1.82, 2.24) is 0 Å². The smallest absolute Gasteiger partial charge is 0.133 e. The maximum absolute atomic E-state index is 12.0. The number of ketones is 1. The van der Waals surface area contributed by atoms with Crippen molar-refractivity contribution in [3.8, 4) is 0 Å². The first-order valence-electron chi connectivity index (χ1n) is 9.07. The molecule has 0 saturated heterocycles. The van der Waals surface area contributed by atoms with Gasteiger partial charge in [0.1, 0.15) is 5.78 Å². The predicted octanol–water partition coefficient (Wildman–Crippen LogP) is 5.15. The predicted molar refractivity (Wildman–Crippen MR) is 85.9 cm³/mol. The lowest BCUT2D eigenvalue weighted by atomic mass is 9.41. The van der Waals surface area contributed by atoms with Crippen LogP contribution in [0.25, 0.3) is 0 Å². The van der Waals surface area contributed by atoms with E-state index in [1.165, 1.54) is 32.1 Å². The largest absolute Gasteiger partial charge is 0.300 e. The number of Topliss-reactive ketones (excluding diaryl/α,β-unsaturated/α-hetero) is 1. The summed E-state index contributed by atoms with van der Waals surface area (Å²) >= 11 is 0. The fourth-order valence-corrected chi connectivity index (χ4v) is 6.88. The third kappa shape index (κ3) is 1.72. The summed E-state index contributed by atoms with van der Waals surface area (Å²) in [6, 6.07) is 0. The molecule has 3 saturated carbocycles. The molecule has 0 aromatic carbocycles. The van der Waals surface area contributed by atoms with Crippen LogP contribution in [-0.2, 0) is 4.79 Å². The highest BCUT2D eigenvalue weighted by molar-refractivity contribution is 5.80. The highest BCUT2D eigenvalue weighted by Gasteiger charge is 2.61. The van der Waals surface area contributed by atoms with E-state index in [0.29, 0.717) is 16.6 Å². The van der Waals surface area contributed by atoms with Gasteiger partial charge in [0, 0.05) is 12.8 Å². The van der Waals surface area contributed by atoms with Gasteiger partial charge in [0.25, 0.3) is 0 Å².